The summed E-state index contributed by atoms with van der Waals surface area (Å²) in [6, 6.07) is 8.88. The van der Waals surface area contributed by atoms with Crippen molar-refractivity contribution in [2.75, 3.05) is 25.6 Å². The summed E-state index contributed by atoms with van der Waals surface area (Å²) >= 11 is 0. The molecule has 1 heterocycles. The van der Waals surface area contributed by atoms with E-state index in [1.54, 1.807) is 19.1 Å². The smallest absolute Gasteiger partial charge is 0.265 e. The molecule has 31 heavy (non-hydrogen) atoms. The Morgan fingerprint density at radius 2 is 1.84 bits per heavy atom. The van der Waals surface area contributed by atoms with Crippen molar-refractivity contribution in [2.45, 2.75) is 36.1 Å². The summed E-state index contributed by atoms with van der Waals surface area (Å²) in [6.45, 7) is 3.23. The minimum atomic E-state index is -3.84. The highest BCUT2D eigenvalue weighted by atomic mass is 32.2. The van der Waals surface area contributed by atoms with E-state index >= 15 is 0 Å². The number of fused-ring (bicyclic) bond motifs is 1. The number of nitrogens with two attached hydrogens (primary N) is 1. The Bertz CT molecular complexity index is 1240. The van der Waals surface area contributed by atoms with Crippen LogP contribution < -0.4 is 14.8 Å². The van der Waals surface area contributed by atoms with Gasteiger partial charge in [-0.1, -0.05) is 6.07 Å². The van der Waals surface area contributed by atoms with Crippen molar-refractivity contribution in [3.8, 4) is 5.75 Å². The normalized spacial score (nSPS) is 16.5. The molecule has 1 atom stereocenters. The second-order valence-corrected chi connectivity index (χ2v) is 11.4. The van der Waals surface area contributed by atoms with E-state index in [2.05, 4.69) is 0 Å². The van der Waals surface area contributed by atoms with Crippen LogP contribution in [0.3, 0.4) is 0 Å². The van der Waals surface area contributed by atoms with Crippen molar-refractivity contribution in [1.29, 1.82) is 0 Å². The zero-order chi connectivity index (χ0) is 23.1. The van der Waals surface area contributed by atoms with E-state index in [1.807, 2.05) is 6.92 Å². The molecule has 2 N–H and O–H groups in total. The predicted molar refractivity (Wildman–Crippen MR) is 116 cm³/mol. The van der Waals surface area contributed by atoms with Crippen LogP contribution in [0, 0.1) is 6.92 Å². The predicted octanol–water partition coefficient (Wildman–Crippen LogP) is 1.25. The fourth-order valence-corrected chi connectivity index (χ4v) is 5.18. The van der Waals surface area contributed by atoms with Crippen LogP contribution in [0.2, 0.25) is 0 Å². The third-order valence-corrected chi connectivity index (χ3v) is 7.82. The molecule has 11 heteroatoms. The van der Waals surface area contributed by atoms with E-state index in [9.17, 15) is 21.6 Å². The number of primary sulfonamides is 1. The molecule has 1 unspecified atom stereocenters. The Hall–Kier alpha value is -2.47. The highest BCUT2D eigenvalue weighted by molar-refractivity contribution is 7.89. The number of hydrogen-bond acceptors (Lipinski definition) is 6. The van der Waals surface area contributed by atoms with Crippen LogP contribution in [0.15, 0.2) is 46.2 Å². The summed E-state index contributed by atoms with van der Waals surface area (Å²) in [5, 5.41) is 5.19. The average molecular weight is 468 g/mol. The van der Waals surface area contributed by atoms with Gasteiger partial charge in [0.15, 0.2) is 6.61 Å². The third kappa shape index (κ3) is 4.59. The summed E-state index contributed by atoms with van der Waals surface area (Å²) in [7, 11) is -4.76. The van der Waals surface area contributed by atoms with Crippen LogP contribution in [-0.2, 0) is 31.3 Å². The van der Waals surface area contributed by atoms with Crippen molar-refractivity contribution in [3.05, 3.63) is 47.5 Å². The largest absolute Gasteiger partial charge is 0.482 e. The minimum absolute atomic E-state index is 0.0119. The number of aryl methyl sites for hydroxylation is 1. The lowest BCUT2D eigenvalue weighted by Crippen LogP contribution is -2.39. The molecule has 2 aromatic rings. The lowest BCUT2D eigenvalue weighted by molar-refractivity contribution is -0.120. The maximum absolute atomic E-state index is 12.9. The third-order valence-electron chi connectivity index (χ3n) is 5.07. The van der Waals surface area contributed by atoms with E-state index in [0.717, 1.165) is 9.87 Å². The summed E-state index contributed by atoms with van der Waals surface area (Å²) in [4.78, 5) is 14.4. The number of carbonyl (C=O) groups excluding carboxylic acids is 1. The molecule has 0 bridgehead atoms. The van der Waals surface area contributed by atoms with Crippen molar-refractivity contribution in [1.82, 2.24) is 4.31 Å². The Morgan fingerprint density at radius 3 is 2.45 bits per heavy atom. The first-order chi connectivity index (χ1) is 14.3. The standard InChI is InChI=1S/C20H25N3O6S2/c1-13-5-8-18(19(9-13)31(27,28)22(3)4)29-12-20(24)23-14(2)10-15-11-16(30(21,25)26)6-7-17(15)23/h5-9,11,14H,10,12H2,1-4H3,(H2,21,25,26). The molecule has 1 amide bonds. The lowest BCUT2D eigenvalue weighted by Gasteiger charge is -2.23. The van der Waals surface area contributed by atoms with Crippen LogP contribution in [0.25, 0.3) is 0 Å². The van der Waals surface area contributed by atoms with Crippen LogP contribution in [-0.4, -0.2) is 53.8 Å². The van der Waals surface area contributed by atoms with Gasteiger partial charge < -0.3 is 9.64 Å². The number of carbonyl (C=O) groups is 1. The molecular formula is C20H25N3O6S2. The molecule has 0 spiro atoms. The lowest BCUT2D eigenvalue weighted by atomic mass is 10.1. The van der Waals surface area contributed by atoms with Gasteiger partial charge >= 0.3 is 0 Å². The van der Waals surface area contributed by atoms with E-state index in [0.29, 0.717) is 17.7 Å². The van der Waals surface area contributed by atoms with Gasteiger partial charge in [-0.15, -0.1) is 0 Å². The molecule has 0 fully saturated rings. The summed E-state index contributed by atoms with van der Waals surface area (Å²) in [6.07, 6.45) is 0.467. The van der Waals surface area contributed by atoms with Gasteiger partial charge in [-0.05, 0) is 61.7 Å². The summed E-state index contributed by atoms with van der Waals surface area (Å²) in [5.74, 6) is -0.285. The minimum Gasteiger partial charge on any atom is -0.482 e. The Kier molecular flexibility index (Phi) is 6.16. The molecule has 9 nitrogen and oxygen atoms in total. The number of benzene rings is 2. The zero-order valence-electron chi connectivity index (χ0n) is 17.7. The van der Waals surface area contributed by atoms with Crippen molar-refractivity contribution in [2.24, 2.45) is 5.14 Å². The number of ether oxygens (including phenoxy) is 1. The summed E-state index contributed by atoms with van der Waals surface area (Å²) < 4.78 is 55.2. The number of rotatable bonds is 6. The first-order valence-corrected chi connectivity index (χ1v) is 12.4. The van der Waals surface area contributed by atoms with Gasteiger partial charge in [0, 0.05) is 25.8 Å². The molecule has 1 aliphatic heterocycles. The molecule has 0 saturated carbocycles. The number of sulfonamides is 2. The Morgan fingerprint density at radius 1 is 1.16 bits per heavy atom. The average Bonchev–Trinajstić information content (AvgIpc) is 3.00. The van der Waals surface area contributed by atoms with Gasteiger partial charge in [0.2, 0.25) is 20.0 Å². The Balaban J connectivity index is 1.85. The zero-order valence-corrected chi connectivity index (χ0v) is 19.3. The molecule has 2 aromatic carbocycles. The first-order valence-electron chi connectivity index (χ1n) is 9.46. The van der Waals surface area contributed by atoms with Gasteiger partial charge in [0.05, 0.1) is 4.90 Å². The van der Waals surface area contributed by atoms with E-state index < -0.39 is 20.0 Å². The van der Waals surface area contributed by atoms with Crippen LogP contribution in [0.1, 0.15) is 18.1 Å². The molecule has 168 valence electrons. The molecule has 0 radical (unpaired) electrons. The fraction of sp³-hybridized carbons (Fsp3) is 0.350. The van der Waals surface area contributed by atoms with Gasteiger partial charge in [-0.3, -0.25) is 4.79 Å². The van der Waals surface area contributed by atoms with Crippen LogP contribution in [0.4, 0.5) is 5.69 Å². The SMILES string of the molecule is Cc1ccc(OCC(=O)N2c3ccc(S(N)(=O)=O)cc3CC2C)c(S(=O)(=O)N(C)C)c1. The Labute approximate surface area is 182 Å². The van der Waals surface area contributed by atoms with Crippen molar-refractivity contribution >= 4 is 31.6 Å². The van der Waals surface area contributed by atoms with Gasteiger partial charge in [-0.2, -0.15) is 0 Å². The maximum atomic E-state index is 12.9. The highest BCUT2D eigenvalue weighted by Crippen LogP contribution is 2.34. The maximum Gasteiger partial charge on any atom is 0.265 e. The van der Waals surface area contributed by atoms with Crippen LogP contribution >= 0.6 is 0 Å². The molecule has 0 aliphatic carbocycles. The molecule has 1 aliphatic rings. The molecular weight excluding hydrogens is 442 g/mol. The van der Waals surface area contributed by atoms with Crippen molar-refractivity contribution < 1.29 is 26.4 Å². The van der Waals surface area contributed by atoms with Crippen molar-refractivity contribution in [3.63, 3.8) is 0 Å². The molecule has 0 saturated heterocycles. The van der Waals surface area contributed by atoms with Gasteiger partial charge in [0.1, 0.15) is 10.6 Å². The number of amides is 1. The second kappa shape index (κ2) is 8.23. The highest BCUT2D eigenvalue weighted by Gasteiger charge is 2.32. The van der Waals surface area contributed by atoms with E-state index in [-0.39, 0.29) is 34.1 Å². The van der Waals surface area contributed by atoms with Gasteiger partial charge in [-0.25, -0.2) is 26.3 Å². The number of nitrogens with zero attached hydrogens (tertiary/aromatic N) is 2. The molecule has 3 rings (SSSR count). The topological polar surface area (TPSA) is 127 Å². The van der Waals surface area contributed by atoms with E-state index in [1.165, 1.54) is 43.3 Å². The number of hydrogen-bond donors (Lipinski definition) is 1. The number of anilines is 1. The summed E-state index contributed by atoms with van der Waals surface area (Å²) in [5.41, 5.74) is 2.02. The molecule has 0 aromatic heterocycles. The first kappa shape index (κ1) is 23.2. The van der Waals surface area contributed by atoms with Crippen LogP contribution in [0.5, 0.6) is 5.75 Å². The monoisotopic (exact) mass is 467 g/mol. The van der Waals surface area contributed by atoms with Gasteiger partial charge in [0.25, 0.3) is 5.91 Å². The second-order valence-electron chi connectivity index (χ2n) is 7.68. The fourth-order valence-electron chi connectivity index (χ4n) is 3.51. The van der Waals surface area contributed by atoms with E-state index in [4.69, 9.17) is 9.88 Å². The quantitative estimate of drug-likeness (QED) is 0.681.